The summed E-state index contributed by atoms with van der Waals surface area (Å²) in [6.45, 7) is 11.5. The first kappa shape index (κ1) is 27.6. The van der Waals surface area contributed by atoms with E-state index in [1.54, 1.807) is 15.9 Å². The van der Waals surface area contributed by atoms with Crippen LogP contribution in [0, 0.1) is 5.92 Å². The van der Waals surface area contributed by atoms with Crippen LogP contribution in [0.1, 0.15) is 63.5 Å². The summed E-state index contributed by atoms with van der Waals surface area (Å²) < 4.78 is 0. The van der Waals surface area contributed by atoms with Crippen LogP contribution in [0.4, 0.5) is 0 Å². The van der Waals surface area contributed by atoms with E-state index >= 15 is 0 Å². The van der Waals surface area contributed by atoms with Crippen LogP contribution in [0.25, 0.3) is 0 Å². The lowest BCUT2D eigenvalue weighted by atomic mass is 10.0. The molecular formula is C30H41N3O3. The predicted octanol–water partition coefficient (Wildman–Crippen LogP) is 4.39. The fourth-order valence-corrected chi connectivity index (χ4v) is 5.10. The zero-order chi connectivity index (χ0) is 26.2. The molecule has 36 heavy (non-hydrogen) atoms. The molecule has 1 aromatic rings. The van der Waals surface area contributed by atoms with E-state index in [9.17, 15) is 14.4 Å². The van der Waals surface area contributed by atoms with E-state index in [2.05, 4.69) is 36.2 Å². The lowest BCUT2D eigenvalue weighted by Gasteiger charge is -2.34. The van der Waals surface area contributed by atoms with Crippen LogP contribution in [-0.2, 0) is 20.9 Å². The van der Waals surface area contributed by atoms with Gasteiger partial charge >= 0.3 is 0 Å². The molecule has 3 aliphatic rings. The van der Waals surface area contributed by atoms with E-state index in [0.29, 0.717) is 25.1 Å². The van der Waals surface area contributed by atoms with Crippen molar-refractivity contribution in [2.45, 2.75) is 71.0 Å². The SMILES string of the molecule is C=CC1=C(/C=C\C)CN(C(C(=O)N2CCCC2C=O)C(C)C)C1=O.CNCc1ccc(C2CC2)cc1. The Morgan fingerprint density at radius 1 is 1.19 bits per heavy atom. The van der Waals surface area contributed by atoms with E-state index in [1.165, 1.54) is 24.0 Å². The molecule has 2 atom stereocenters. The molecule has 1 aromatic carbocycles. The van der Waals surface area contributed by atoms with Crippen molar-refractivity contribution in [1.82, 2.24) is 15.1 Å². The van der Waals surface area contributed by atoms with Crippen molar-refractivity contribution < 1.29 is 14.4 Å². The lowest BCUT2D eigenvalue weighted by Crippen LogP contribution is -2.53. The molecule has 0 spiro atoms. The van der Waals surface area contributed by atoms with Gasteiger partial charge in [0.15, 0.2) is 0 Å². The second-order valence-corrected chi connectivity index (χ2v) is 10.2. The second-order valence-electron chi connectivity index (χ2n) is 10.2. The van der Waals surface area contributed by atoms with Crippen LogP contribution in [-0.4, -0.2) is 60.1 Å². The van der Waals surface area contributed by atoms with Gasteiger partial charge in [0.05, 0.1) is 6.04 Å². The van der Waals surface area contributed by atoms with E-state index < -0.39 is 6.04 Å². The molecule has 6 nitrogen and oxygen atoms in total. The summed E-state index contributed by atoms with van der Waals surface area (Å²) in [5.74, 6) is 0.559. The molecule has 1 saturated heterocycles. The minimum Gasteiger partial charge on any atom is -0.331 e. The minimum atomic E-state index is -0.559. The van der Waals surface area contributed by atoms with Gasteiger partial charge in [0, 0.05) is 25.2 Å². The third-order valence-corrected chi connectivity index (χ3v) is 7.12. The molecule has 2 amide bonds. The molecule has 1 saturated carbocycles. The number of aldehydes is 1. The van der Waals surface area contributed by atoms with Crippen LogP contribution < -0.4 is 5.32 Å². The number of carbonyl (C=O) groups is 3. The zero-order valence-corrected chi connectivity index (χ0v) is 22.2. The predicted molar refractivity (Wildman–Crippen MR) is 144 cm³/mol. The first-order chi connectivity index (χ1) is 17.4. The number of likely N-dealkylation sites (tertiary alicyclic amines) is 1. The maximum Gasteiger partial charge on any atom is 0.255 e. The Morgan fingerprint density at radius 2 is 1.89 bits per heavy atom. The fourth-order valence-electron chi connectivity index (χ4n) is 5.10. The topological polar surface area (TPSA) is 69.7 Å². The Labute approximate surface area is 216 Å². The summed E-state index contributed by atoms with van der Waals surface area (Å²) in [5.41, 5.74) is 4.33. The molecule has 0 radical (unpaired) electrons. The third kappa shape index (κ3) is 6.41. The monoisotopic (exact) mass is 491 g/mol. The van der Waals surface area contributed by atoms with Crippen molar-refractivity contribution in [1.29, 1.82) is 0 Å². The van der Waals surface area contributed by atoms with Crippen molar-refractivity contribution in [3.63, 3.8) is 0 Å². The summed E-state index contributed by atoms with van der Waals surface area (Å²) in [5, 5.41) is 3.15. The summed E-state index contributed by atoms with van der Waals surface area (Å²) in [6.07, 6.45) is 10.5. The van der Waals surface area contributed by atoms with Gasteiger partial charge in [0.2, 0.25) is 5.91 Å². The van der Waals surface area contributed by atoms with Crippen LogP contribution in [0.3, 0.4) is 0 Å². The van der Waals surface area contributed by atoms with Crippen LogP contribution >= 0.6 is 0 Å². The molecule has 2 unspecified atom stereocenters. The molecular weight excluding hydrogens is 450 g/mol. The lowest BCUT2D eigenvalue weighted by molar-refractivity contribution is -0.146. The Kier molecular flexibility index (Phi) is 9.82. The average Bonchev–Trinajstić information content (AvgIpc) is 3.52. The first-order valence-electron chi connectivity index (χ1n) is 13.1. The van der Waals surface area contributed by atoms with Crippen molar-refractivity contribution >= 4 is 18.1 Å². The number of nitrogens with one attached hydrogen (secondary N) is 1. The maximum atomic E-state index is 13.1. The number of hydrogen-bond donors (Lipinski definition) is 1. The molecule has 1 aliphatic carbocycles. The Balaban J connectivity index is 0.000000249. The Morgan fingerprint density at radius 3 is 2.42 bits per heavy atom. The van der Waals surface area contributed by atoms with E-state index in [1.807, 2.05) is 40.0 Å². The molecule has 2 aliphatic heterocycles. The molecule has 2 fully saturated rings. The largest absolute Gasteiger partial charge is 0.331 e. The van der Waals surface area contributed by atoms with Crippen LogP contribution in [0.2, 0.25) is 0 Å². The summed E-state index contributed by atoms with van der Waals surface area (Å²) >= 11 is 0. The third-order valence-electron chi connectivity index (χ3n) is 7.12. The molecule has 2 heterocycles. The second kappa shape index (κ2) is 12.8. The number of hydrogen-bond acceptors (Lipinski definition) is 4. The number of allylic oxidation sites excluding steroid dienone is 1. The highest BCUT2D eigenvalue weighted by atomic mass is 16.2. The van der Waals surface area contributed by atoms with Crippen molar-refractivity contribution in [2.24, 2.45) is 5.92 Å². The molecule has 6 heteroatoms. The van der Waals surface area contributed by atoms with Gasteiger partial charge < -0.3 is 19.9 Å². The van der Waals surface area contributed by atoms with Gasteiger partial charge in [0.1, 0.15) is 12.3 Å². The van der Waals surface area contributed by atoms with E-state index in [4.69, 9.17) is 0 Å². The molecule has 0 bridgehead atoms. The maximum absolute atomic E-state index is 13.1. The highest BCUT2D eigenvalue weighted by Gasteiger charge is 2.42. The first-order valence-corrected chi connectivity index (χ1v) is 13.1. The number of rotatable bonds is 9. The molecule has 4 rings (SSSR count). The quantitative estimate of drug-likeness (QED) is 0.521. The fraction of sp³-hybridized carbons (Fsp3) is 0.500. The minimum absolute atomic E-state index is 0.0367. The average molecular weight is 492 g/mol. The summed E-state index contributed by atoms with van der Waals surface area (Å²) in [6, 6.07) is 8.07. The Bertz CT molecular complexity index is 1000. The van der Waals surface area contributed by atoms with Gasteiger partial charge in [-0.05, 0) is 68.2 Å². The molecule has 194 valence electrons. The van der Waals surface area contributed by atoms with Gasteiger partial charge in [-0.25, -0.2) is 0 Å². The van der Waals surface area contributed by atoms with Crippen molar-refractivity contribution in [3.05, 3.63) is 71.3 Å². The van der Waals surface area contributed by atoms with Crippen molar-refractivity contribution in [3.8, 4) is 0 Å². The number of nitrogens with zero attached hydrogens (tertiary/aromatic N) is 2. The Hall–Kier alpha value is -2.99. The number of benzene rings is 1. The van der Waals surface area contributed by atoms with E-state index in [-0.39, 0.29) is 23.8 Å². The van der Waals surface area contributed by atoms with Gasteiger partial charge in [0.25, 0.3) is 5.91 Å². The standard InChI is InChI=1S/C19H26N2O3.C11H15N/c1-5-8-14-11-21(18(23)16(14)6-2)17(13(3)4)19(24)20-10-7-9-15(20)12-22;1-12-8-9-2-4-10(5-3-9)11-6-7-11/h5-6,8,12-13,15,17H,2,7,9-11H2,1,3-4H3;2-5,11-12H,6-8H2,1H3/b8-5-;. The van der Waals surface area contributed by atoms with E-state index in [0.717, 1.165) is 30.7 Å². The van der Waals surface area contributed by atoms with Crippen LogP contribution in [0.15, 0.2) is 60.2 Å². The smallest absolute Gasteiger partial charge is 0.255 e. The van der Waals surface area contributed by atoms with Gasteiger partial charge in [-0.3, -0.25) is 9.59 Å². The number of carbonyl (C=O) groups excluding carboxylic acids is 3. The zero-order valence-electron chi connectivity index (χ0n) is 22.2. The van der Waals surface area contributed by atoms with Gasteiger partial charge in [-0.15, -0.1) is 0 Å². The molecule has 1 N–H and O–H groups in total. The normalized spacial score (nSPS) is 20.7. The molecule has 0 aromatic heterocycles. The van der Waals surface area contributed by atoms with Crippen molar-refractivity contribution in [2.75, 3.05) is 20.1 Å². The summed E-state index contributed by atoms with van der Waals surface area (Å²) in [4.78, 5) is 40.3. The van der Waals surface area contributed by atoms with Gasteiger partial charge in [-0.2, -0.15) is 0 Å². The summed E-state index contributed by atoms with van der Waals surface area (Å²) in [7, 11) is 1.98. The highest BCUT2D eigenvalue weighted by Crippen LogP contribution is 2.39. The van der Waals surface area contributed by atoms with Gasteiger partial charge in [-0.1, -0.05) is 62.9 Å². The van der Waals surface area contributed by atoms with Crippen LogP contribution in [0.5, 0.6) is 0 Å². The number of amides is 2. The highest BCUT2D eigenvalue weighted by molar-refractivity contribution is 6.03.